The van der Waals surface area contributed by atoms with Gasteiger partial charge in [-0.25, -0.2) is 0 Å². The van der Waals surface area contributed by atoms with E-state index in [2.05, 4.69) is 39.2 Å². The van der Waals surface area contributed by atoms with Crippen LogP contribution < -0.4 is 14.8 Å². The highest BCUT2D eigenvalue weighted by Crippen LogP contribution is 2.38. The van der Waals surface area contributed by atoms with Crippen LogP contribution in [0.1, 0.15) is 11.1 Å². The van der Waals surface area contributed by atoms with Gasteiger partial charge in [-0.2, -0.15) is 5.26 Å². The van der Waals surface area contributed by atoms with Crippen molar-refractivity contribution in [2.24, 2.45) is 0 Å². The zero-order valence-electron chi connectivity index (χ0n) is 20.5. The highest BCUT2D eigenvalue weighted by atomic mass is 16.5. The molecule has 0 radical (unpaired) electrons. The molecule has 1 aliphatic heterocycles. The molecule has 3 heterocycles. The van der Waals surface area contributed by atoms with Gasteiger partial charge in [0.15, 0.2) is 11.5 Å². The number of aryl methyl sites for hydroxylation is 1. The zero-order chi connectivity index (χ0) is 24.9. The number of aromatic amines is 1. The molecule has 0 aliphatic carbocycles. The predicted molar refractivity (Wildman–Crippen MR) is 140 cm³/mol. The third-order valence-electron chi connectivity index (χ3n) is 6.57. The third-order valence-corrected chi connectivity index (χ3v) is 6.57. The van der Waals surface area contributed by atoms with Crippen LogP contribution in [0, 0.1) is 18.3 Å². The number of nitriles is 1. The van der Waals surface area contributed by atoms with Gasteiger partial charge in [0.2, 0.25) is 0 Å². The minimum Gasteiger partial charge on any atom is -0.493 e. The first-order valence-electron chi connectivity index (χ1n) is 12.0. The van der Waals surface area contributed by atoms with E-state index in [0.29, 0.717) is 29.4 Å². The third kappa shape index (κ3) is 4.85. The Morgan fingerprint density at radius 1 is 1.14 bits per heavy atom. The molecule has 2 aromatic carbocycles. The fourth-order valence-electron chi connectivity index (χ4n) is 4.52. The normalized spacial score (nSPS) is 13.9. The molecule has 0 unspecified atom stereocenters. The smallest absolute Gasteiger partial charge is 0.161 e. The monoisotopic (exact) mass is 483 g/mol. The SMILES string of the molecule is COc1cc(-c2cncc(C#N)c2Nc2ccc3[nH]ccc3c2C)ccc1OCCN1CCOCC1. The fourth-order valence-corrected chi connectivity index (χ4v) is 4.52. The van der Waals surface area contributed by atoms with Crippen molar-refractivity contribution in [1.82, 2.24) is 14.9 Å². The van der Waals surface area contributed by atoms with Crippen molar-refractivity contribution in [3.63, 3.8) is 0 Å². The van der Waals surface area contributed by atoms with Crippen LogP contribution in [0.3, 0.4) is 0 Å². The lowest BCUT2D eigenvalue weighted by Gasteiger charge is -2.26. The number of rotatable bonds is 8. The summed E-state index contributed by atoms with van der Waals surface area (Å²) in [7, 11) is 1.63. The van der Waals surface area contributed by atoms with Gasteiger partial charge < -0.3 is 24.5 Å². The first-order valence-corrected chi connectivity index (χ1v) is 12.0. The molecule has 4 aromatic rings. The van der Waals surface area contributed by atoms with E-state index in [1.54, 1.807) is 19.5 Å². The summed E-state index contributed by atoms with van der Waals surface area (Å²) < 4.78 is 17.1. The summed E-state index contributed by atoms with van der Waals surface area (Å²) in [5.74, 6) is 1.31. The predicted octanol–water partition coefficient (Wildman–Crippen LogP) is 4.87. The number of methoxy groups -OCH3 is 1. The molecule has 1 fully saturated rings. The number of nitrogens with zero attached hydrogens (tertiary/aromatic N) is 3. The Balaban J connectivity index is 1.42. The van der Waals surface area contributed by atoms with Crippen molar-refractivity contribution in [1.29, 1.82) is 5.26 Å². The summed E-state index contributed by atoms with van der Waals surface area (Å²) in [6.45, 7) is 6.85. The highest BCUT2D eigenvalue weighted by molar-refractivity contribution is 5.91. The van der Waals surface area contributed by atoms with Crippen LogP contribution in [0.2, 0.25) is 0 Å². The molecule has 184 valence electrons. The molecular weight excluding hydrogens is 454 g/mol. The van der Waals surface area contributed by atoms with Crippen molar-refractivity contribution in [3.05, 3.63) is 66.1 Å². The van der Waals surface area contributed by atoms with Crippen LogP contribution in [0.5, 0.6) is 11.5 Å². The number of hydrogen-bond donors (Lipinski definition) is 2. The van der Waals surface area contributed by atoms with E-state index in [1.807, 2.05) is 36.5 Å². The van der Waals surface area contributed by atoms with Crippen LogP contribution in [-0.2, 0) is 4.74 Å². The first-order chi connectivity index (χ1) is 17.7. The van der Waals surface area contributed by atoms with E-state index in [1.165, 1.54) is 0 Å². The Bertz CT molecular complexity index is 1400. The summed E-state index contributed by atoms with van der Waals surface area (Å²) in [6.07, 6.45) is 5.27. The minimum atomic E-state index is 0.464. The lowest BCUT2D eigenvalue weighted by atomic mass is 10.0. The molecule has 2 N–H and O–H groups in total. The highest BCUT2D eigenvalue weighted by Gasteiger charge is 2.16. The largest absolute Gasteiger partial charge is 0.493 e. The Morgan fingerprint density at radius 3 is 2.81 bits per heavy atom. The molecule has 0 atom stereocenters. The van der Waals surface area contributed by atoms with Gasteiger partial charge in [-0.1, -0.05) is 6.07 Å². The van der Waals surface area contributed by atoms with Gasteiger partial charge >= 0.3 is 0 Å². The molecule has 36 heavy (non-hydrogen) atoms. The maximum Gasteiger partial charge on any atom is 0.161 e. The first kappa shape index (κ1) is 23.7. The average molecular weight is 484 g/mol. The van der Waals surface area contributed by atoms with E-state index in [9.17, 15) is 5.26 Å². The number of H-pyrrole nitrogens is 1. The van der Waals surface area contributed by atoms with Crippen LogP contribution in [0.15, 0.2) is 55.0 Å². The van der Waals surface area contributed by atoms with E-state index >= 15 is 0 Å². The van der Waals surface area contributed by atoms with Gasteiger partial charge in [0.05, 0.1) is 31.6 Å². The maximum atomic E-state index is 9.83. The Hall–Kier alpha value is -4.06. The fraction of sp³-hybridized carbons (Fsp3) is 0.286. The summed E-state index contributed by atoms with van der Waals surface area (Å²) in [4.78, 5) is 9.89. The number of nitrogens with one attached hydrogen (secondary N) is 2. The van der Waals surface area contributed by atoms with E-state index in [4.69, 9.17) is 14.2 Å². The second-order valence-electron chi connectivity index (χ2n) is 8.69. The number of ether oxygens (including phenoxy) is 3. The lowest BCUT2D eigenvalue weighted by molar-refractivity contribution is 0.0321. The maximum absolute atomic E-state index is 9.83. The molecule has 2 aromatic heterocycles. The summed E-state index contributed by atoms with van der Waals surface area (Å²) >= 11 is 0. The molecule has 5 rings (SSSR count). The standard InChI is InChI=1S/C28H29N5O3/c1-19-22-7-8-31-25(22)5-4-24(19)32-28-21(16-29)17-30-18-23(28)20-3-6-26(27(15-20)34-2)36-14-11-33-9-12-35-13-10-33/h3-8,15,17-18,31H,9-14H2,1-2H3,(H,30,32). The van der Waals surface area contributed by atoms with Crippen LogP contribution in [0.4, 0.5) is 11.4 Å². The van der Waals surface area contributed by atoms with Crippen molar-refractivity contribution in [3.8, 4) is 28.7 Å². The summed E-state index contributed by atoms with van der Waals surface area (Å²) in [5.41, 5.74) is 5.95. The molecule has 0 amide bonds. The molecule has 8 nitrogen and oxygen atoms in total. The Morgan fingerprint density at radius 2 is 2.00 bits per heavy atom. The van der Waals surface area contributed by atoms with Crippen molar-refractivity contribution in [2.75, 3.05) is 51.9 Å². The van der Waals surface area contributed by atoms with Crippen LogP contribution >= 0.6 is 0 Å². The Labute approximate surface area is 210 Å². The van der Waals surface area contributed by atoms with E-state index in [0.717, 1.165) is 66.1 Å². The second kappa shape index (κ2) is 10.7. The van der Waals surface area contributed by atoms with Gasteiger partial charge in [-0.3, -0.25) is 9.88 Å². The molecule has 8 heteroatoms. The summed E-state index contributed by atoms with van der Waals surface area (Å²) in [5, 5.41) is 14.5. The molecule has 1 saturated heterocycles. The Kier molecular flexibility index (Phi) is 7.03. The molecule has 0 saturated carbocycles. The van der Waals surface area contributed by atoms with Gasteiger partial charge in [0.1, 0.15) is 12.7 Å². The van der Waals surface area contributed by atoms with Gasteiger partial charge in [-0.15, -0.1) is 0 Å². The molecule has 0 spiro atoms. The number of benzene rings is 2. The number of aromatic nitrogens is 2. The molecule has 0 bridgehead atoms. The van der Waals surface area contributed by atoms with Gasteiger partial charge in [0.25, 0.3) is 0 Å². The van der Waals surface area contributed by atoms with Gasteiger partial charge in [-0.05, 0) is 48.4 Å². The van der Waals surface area contributed by atoms with E-state index in [-0.39, 0.29) is 0 Å². The zero-order valence-corrected chi connectivity index (χ0v) is 20.5. The molecule has 1 aliphatic rings. The minimum absolute atomic E-state index is 0.464. The van der Waals surface area contributed by atoms with Crippen molar-refractivity contribution >= 4 is 22.3 Å². The van der Waals surface area contributed by atoms with Crippen LogP contribution in [0.25, 0.3) is 22.0 Å². The quantitative estimate of drug-likeness (QED) is 0.369. The number of pyridine rings is 1. The van der Waals surface area contributed by atoms with Crippen LogP contribution in [-0.4, -0.2) is 61.4 Å². The number of fused-ring (bicyclic) bond motifs is 1. The summed E-state index contributed by atoms with van der Waals surface area (Å²) in [6, 6.07) is 14.2. The topological polar surface area (TPSA) is 95.4 Å². The van der Waals surface area contributed by atoms with Crippen molar-refractivity contribution < 1.29 is 14.2 Å². The number of anilines is 2. The number of hydrogen-bond acceptors (Lipinski definition) is 7. The van der Waals surface area contributed by atoms with Crippen molar-refractivity contribution in [2.45, 2.75) is 6.92 Å². The lowest BCUT2D eigenvalue weighted by Crippen LogP contribution is -2.38. The van der Waals surface area contributed by atoms with Gasteiger partial charge in [0, 0.05) is 60.4 Å². The average Bonchev–Trinajstić information content (AvgIpc) is 3.41. The second-order valence-corrected chi connectivity index (χ2v) is 8.69. The number of morpholine rings is 1. The van der Waals surface area contributed by atoms with E-state index < -0.39 is 0 Å². The molecular formula is C28H29N5O3.